The third-order valence-corrected chi connectivity index (χ3v) is 3.88. The van der Waals surface area contributed by atoms with Crippen molar-refractivity contribution in [3.63, 3.8) is 0 Å². The molecule has 2 rings (SSSR count). The molecule has 0 aliphatic rings. The van der Waals surface area contributed by atoms with Gasteiger partial charge in [0.1, 0.15) is 5.82 Å². The number of rotatable bonds is 11. The highest BCUT2D eigenvalue weighted by Gasteiger charge is 2.12. The van der Waals surface area contributed by atoms with E-state index in [1.54, 1.807) is 30.4 Å². The number of amides is 1. The van der Waals surface area contributed by atoms with Crippen LogP contribution in [0, 0.1) is 5.82 Å². The fraction of sp³-hybridized carbons (Fsp3) is 0.227. The standard InChI is InChI=1S/C22H26FN5O2/c1-4-7-20(19(5-2)27-18-10-8-17(23)9-11-18)28-21(29)16-14-25-22(26-15-16)24-12-13-30-6-3/h4-5,7-11,14-15,27H,1,6,12-13H2,2-3H3,(H,28,29)(H,24,25,26)/b19-5+,20-7+. The summed E-state index contributed by atoms with van der Waals surface area (Å²) in [6, 6.07) is 5.92. The number of hydrogen-bond donors (Lipinski definition) is 3. The normalized spacial score (nSPS) is 11.7. The van der Waals surface area contributed by atoms with Crippen molar-refractivity contribution in [1.29, 1.82) is 0 Å². The molecule has 0 unspecified atom stereocenters. The van der Waals surface area contributed by atoms with E-state index in [0.717, 1.165) is 0 Å². The lowest BCUT2D eigenvalue weighted by atomic mass is 10.2. The highest BCUT2D eigenvalue weighted by atomic mass is 19.1. The van der Waals surface area contributed by atoms with Crippen molar-refractivity contribution in [2.75, 3.05) is 30.4 Å². The highest BCUT2D eigenvalue weighted by molar-refractivity contribution is 5.95. The first-order valence-corrected chi connectivity index (χ1v) is 9.54. The number of nitrogens with one attached hydrogen (secondary N) is 3. The molecule has 1 heterocycles. The van der Waals surface area contributed by atoms with Crippen LogP contribution in [0.2, 0.25) is 0 Å². The van der Waals surface area contributed by atoms with Crippen molar-refractivity contribution in [1.82, 2.24) is 15.3 Å². The van der Waals surface area contributed by atoms with Crippen LogP contribution in [0.4, 0.5) is 16.0 Å². The van der Waals surface area contributed by atoms with Gasteiger partial charge in [-0.05, 0) is 44.2 Å². The number of halogens is 1. The summed E-state index contributed by atoms with van der Waals surface area (Å²) in [6.07, 6.45) is 7.90. The Balaban J connectivity index is 2.04. The molecule has 1 aromatic carbocycles. The largest absolute Gasteiger partial charge is 0.380 e. The van der Waals surface area contributed by atoms with Gasteiger partial charge < -0.3 is 20.7 Å². The molecule has 158 valence electrons. The van der Waals surface area contributed by atoms with E-state index in [4.69, 9.17) is 4.74 Å². The first kappa shape index (κ1) is 22.8. The van der Waals surface area contributed by atoms with Gasteiger partial charge in [0.05, 0.1) is 23.6 Å². The Morgan fingerprint density at radius 2 is 1.90 bits per heavy atom. The van der Waals surface area contributed by atoms with Gasteiger partial charge >= 0.3 is 0 Å². The number of carbonyl (C=O) groups is 1. The van der Waals surface area contributed by atoms with Crippen LogP contribution in [0.3, 0.4) is 0 Å². The molecule has 1 amide bonds. The summed E-state index contributed by atoms with van der Waals surface area (Å²) >= 11 is 0. The lowest BCUT2D eigenvalue weighted by Gasteiger charge is -2.16. The van der Waals surface area contributed by atoms with Crippen LogP contribution in [-0.2, 0) is 4.74 Å². The molecule has 7 nitrogen and oxygen atoms in total. The molecule has 0 fully saturated rings. The average molecular weight is 411 g/mol. The molecule has 0 radical (unpaired) electrons. The van der Waals surface area contributed by atoms with E-state index in [2.05, 4.69) is 32.5 Å². The van der Waals surface area contributed by atoms with Crippen molar-refractivity contribution >= 4 is 17.5 Å². The SMILES string of the molecule is C=C/C=C(NC(=O)c1cnc(NCCOCC)nc1)\C(=C/C)Nc1ccc(F)cc1. The van der Waals surface area contributed by atoms with Gasteiger partial charge in [0.2, 0.25) is 5.95 Å². The number of anilines is 2. The monoisotopic (exact) mass is 411 g/mol. The molecule has 0 saturated heterocycles. The van der Waals surface area contributed by atoms with Crippen LogP contribution in [-0.4, -0.2) is 35.6 Å². The Morgan fingerprint density at radius 3 is 2.50 bits per heavy atom. The van der Waals surface area contributed by atoms with Crippen molar-refractivity contribution in [2.24, 2.45) is 0 Å². The molecular formula is C22H26FN5O2. The van der Waals surface area contributed by atoms with E-state index in [-0.39, 0.29) is 11.7 Å². The summed E-state index contributed by atoms with van der Waals surface area (Å²) in [6.45, 7) is 9.20. The van der Waals surface area contributed by atoms with E-state index < -0.39 is 0 Å². The van der Waals surface area contributed by atoms with E-state index in [9.17, 15) is 9.18 Å². The third kappa shape index (κ3) is 7.14. The number of nitrogens with zero attached hydrogens (tertiary/aromatic N) is 2. The zero-order chi connectivity index (χ0) is 21.8. The van der Waals surface area contributed by atoms with E-state index in [1.807, 2.05) is 13.8 Å². The number of carbonyl (C=O) groups excluding carboxylic acids is 1. The third-order valence-electron chi connectivity index (χ3n) is 3.88. The zero-order valence-corrected chi connectivity index (χ0v) is 17.1. The van der Waals surface area contributed by atoms with Gasteiger partial charge in [-0.2, -0.15) is 0 Å². The lowest BCUT2D eigenvalue weighted by Crippen LogP contribution is -2.26. The molecule has 2 aromatic rings. The van der Waals surface area contributed by atoms with Crippen molar-refractivity contribution < 1.29 is 13.9 Å². The van der Waals surface area contributed by atoms with Crippen LogP contribution in [0.5, 0.6) is 0 Å². The predicted octanol–water partition coefficient (Wildman–Crippen LogP) is 3.88. The van der Waals surface area contributed by atoms with E-state index in [0.29, 0.717) is 48.4 Å². The molecule has 0 bridgehead atoms. The molecule has 0 spiro atoms. The summed E-state index contributed by atoms with van der Waals surface area (Å²) in [4.78, 5) is 20.9. The Kier molecular flexibility index (Phi) is 9.20. The van der Waals surface area contributed by atoms with Crippen molar-refractivity contribution in [3.05, 3.63) is 84.2 Å². The molecule has 30 heavy (non-hydrogen) atoms. The fourth-order valence-corrected chi connectivity index (χ4v) is 2.41. The zero-order valence-electron chi connectivity index (χ0n) is 17.1. The molecule has 0 atom stereocenters. The molecule has 1 aromatic heterocycles. The Morgan fingerprint density at radius 1 is 1.20 bits per heavy atom. The Labute approximate surface area is 175 Å². The molecular weight excluding hydrogens is 385 g/mol. The topological polar surface area (TPSA) is 88.2 Å². The molecule has 0 aliphatic heterocycles. The predicted molar refractivity (Wildman–Crippen MR) is 117 cm³/mol. The van der Waals surface area contributed by atoms with Crippen molar-refractivity contribution in [3.8, 4) is 0 Å². The quantitative estimate of drug-likeness (QED) is 0.384. The van der Waals surface area contributed by atoms with Gasteiger partial charge in [-0.3, -0.25) is 4.79 Å². The summed E-state index contributed by atoms with van der Waals surface area (Å²) in [5.74, 6) is -0.280. The Hall–Kier alpha value is -3.52. The van der Waals surface area contributed by atoms with E-state index in [1.165, 1.54) is 24.5 Å². The fourth-order valence-electron chi connectivity index (χ4n) is 2.41. The molecule has 0 saturated carbocycles. The van der Waals surface area contributed by atoms with Crippen LogP contribution in [0.1, 0.15) is 24.2 Å². The average Bonchev–Trinajstić information content (AvgIpc) is 2.76. The number of aromatic nitrogens is 2. The minimum absolute atomic E-state index is 0.303. The van der Waals surface area contributed by atoms with Gasteiger partial charge in [0.15, 0.2) is 0 Å². The summed E-state index contributed by atoms with van der Waals surface area (Å²) < 4.78 is 18.4. The highest BCUT2D eigenvalue weighted by Crippen LogP contribution is 2.16. The lowest BCUT2D eigenvalue weighted by molar-refractivity contribution is 0.0966. The van der Waals surface area contributed by atoms with Crippen LogP contribution in [0.15, 0.2) is 72.9 Å². The smallest absolute Gasteiger partial charge is 0.258 e. The molecule has 0 aliphatic carbocycles. The van der Waals surface area contributed by atoms with Gasteiger partial charge in [-0.25, -0.2) is 14.4 Å². The molecule has 8 heteroatoms. The maximum atomic E-state index is 13.1. The maximum absolute atomic E-state index is 13.1. The number of benzene rings is 1. The number of allylic oxidation sites excluding steroid dienone is 3. The minimum atomic E-state index is -0.371. The van der Waals surface area contributed by atoms with E-state index >= 15 is 0 Å². The van der Waals surface area contributed by atoms with Crippen LogP contribution < -0.4 is 16.0 Å². The van der Waals surface area contributed by atoms with Gasteiger partial charge in [0, 0.05) is 31.2 Å². The first-order chi connectivity index (χ1) is 14.6. The minimum Gasteiger partial charge on any atom is -0.380 e. The van der Waals surface area contributed by atoms with Gasteiger partial charge in [-0.15, -0.1) is 0 Å². The second kappa shape index (κ2) is 12.1. The second-order valence-corrected chi connectivity index (χ2v) is 6.02. The maximum Gasteiger partial charge on any atom is 0.258 e. The summed E-state index contributed by atoms with van der Waals surface area (Å²) in [5, 5.41) is 8.99. The van der Waals surface area contributed by atoms with Crippen LogP contribution in [0.25, 0.3) is 0 Å². The number of ether oxygens (including phenoxy) is 1. The second-order valence-electron chi connectivity index (χ2n) is 6.02. The van der Waals surface area contributed by atoms with Gasteiger partial charge in [-0.1, -0.05) is 18.7 Å². The van der Waals surface area contributed by atoms with Crippen LogP contribution >= 0.6 is 0 Å². The Bertz CT molecular complexity index is 893. The summed E-state index contributed by atoms with van der Waals surface area (Å²) in [5.41, 5.74) is 2.11. The first-order valence-electron chi connectivity index (χ1n) is 9.54. The number of hydrogen-bond acceptors (Lipinski definition) is 6. The summed E-state index contributed by atoms with van der Waals surface area (Å²) in [7, 11) is 0. The van der Waals surface area contributed by atoms with Crippen molar-refractivity contribution in [2.45, 2.75) is 13.8 Å². The van der Waals surface area contributed by atoms with Gasteiger partial charge in [0.25, 0.3) is 5.91 Å². The molecule has 3 N–H and O–H groups in total.